The van der Waals surface area contributed by atoms with Crippen LogP contribution in [-0.2, 0) is 6.54 Å². The summed E-state index contributed by atoms with van der Waals surface area (Å²) in [4.78, 5) is 41.1. The molecule has 33 heavy (non-hydrogen) atoms. The van der Waals surface area contributed by atoms with Gasteiger partial charge in [-0.15, -0.1) is 0 Å². The van der Waals surface area contributed by atoms with Crippen molar-refractivity contribution in [2.75, 3.05) is 13.1 Å². The van der Waals surface area contributed by atoms with Crippen LogP contribution in [0.25, 0.3) is 11.2 Å². The molecule has 5 rings (SSSR count). The lowest BCUT2D eigenvalue weighted by Gasteiger charge is -2.32. The second-order valence-corrected chi connectivity index (χ2v) is 8.31. The Morgan fingerprint density at radius 1 is 1.15 bits per heavy atom. The van der Waals surface area contributed by atoms with Gasteiger partial charge in [0.25, 0.3) is 5.91 Å². The van der Waals surface area contributed by atoms with Crippen LogP contribution in [0.4, 0.5) is 4.39 Å². The van der Waals surface area contributed by atoms with Crippen LogP contribution in [0, 0.1) is 12.7 Å². The molecule has 0 aliphatic carbocycles. The lowest BCUT2D eigenvalue weighted by atomic mass is 10.1. The quantitative estimate of drug-likeness (QED) is 0.481. The maximum Gasteiger partial charge on any atom is 0.330 e. The summed E-state index contributed by atoms with van der Waals surface area (Å²) in [6, 6.07) is 9.62. The Hall–Kier alpha value is -3.88. The number of nitrogens with zero attached hydrogens (tertiary/aromatic N) is 6. The van der Waals surface area contributed by atoms with Crippen molar-refractivity contribution in [3.63, 3.8) is 0 Å². The average Bonchev–Trinajstić information content (AvgIpc) is 3.10. The number of pyridine rings is 1. The predicted octanol–water partition coefficient (Wildman–Crippen LogP) is 2.96. The summed E-state index contributed by atoms with van der Waals surface area (Å²) in [5, 5.41) is 0. The Balaban J connectivity index is 1.49. The van der Waals surface area contributed by atoms with Crippen LogP contribution in [-0.4, -0.2) is 48.0 Å². The van der Waals surface area contributed by atoms with Crippen molar-refractivity contribution in [3.05, 3.63) is 88.2 Å². The summed E-state index contributed by atoms with van der Waals surface area (Å²) in [6.07, 6.45) is 6.21. The topological polar surface area (TPSA) is 85.9 Å². The van der Waals surface area contributed by atoms with E-state index in [4.69, 9.17) is 0 Å². The van der Waals surface area contributed by atoms with Gasteiger partial charge in [-0.2, -0.15) is 0 Å². The van der Waals surface area contributed by atoms with Gasteiger partial charge in [-0.25, -0.2) is 19.2 Å². The number of carbonyl (C=O) groups is 1. The van der Waals surface area contributed by atoms with Crippen molar-refractivity contribution in [1.29, 1.82) is 0 Å². The Morgan fingerprint density at radius 2 is 2.03 bits per heavy atom. The van der Waals surface area contributed by atoms with Gasteiger partial charge in [0.1, 0.15) is 11.5 Å². The van der Waals surface area contributed by atoms with E-state index in [1.165, 1.54) is 18.3 Å². The molecule has 0 radical (unpaired) electrons. The Morgan fingerprint density at radius 3 is 2.82 bits per heavy atom. The fraction of sp³-hybridized carbons (Fsp3) is 0.292. The molecule has 4 heterocycles. The van der Waals surface area contributed by atoms with Crippen molar-refractivity contribution in [3.8, 4) is 0 Å². The minimum Gasteiger partial charge on any atom is -0.335 e. The molecule has 1 aliphatic heterocycles. The molecule has 4 aromatic rings. The molecule has 1 atom stereocenters. The first-order valence-corrected chi connectivity index (χ1v) is 10.9. The first-order valence-electron chi connectivity index (χ1n) is 10.9. The summed E-state index contributed by atoms with van der Waals surface area (Å²) >= 11 is 0. The SMILES string of the molecule is Cc1cnc(C(=O)N2CCC[C@H](n3c(=O)n(Cc4cccc(F)c4)c4cccnc43)C2)cn1. The van der Waals surface area contributed by atoms with Crippen LogP contribution in [0.2, 0.25) is 0 Å². The van der Waals surface area contributed by atoms with E-state index in [0.29, 0.717) is 35.5 Å². The number of aromatic nitrogens is 5. The zero-order valence-electron chi connectivity index (χ0n) is 18.2. The van der Waals surface area contributed by atoms with Crippen LogP contribution >= 0.6 is 0 Å². The predicted molar refractivity (Wildman–Crippen MR) is 120 cm³/mol. The molecule has 0 spiro atoms. The number of hydrogen-bond acceptors (Lipinski definition) is 5. The maximum absolute atomic E-state index is 13.7. The summed E-state index contributed by atoms with van der Waals surface area (Å²) < 4.78 is 17.0. The molecule has 1 aromatic carbocycles. The zero-order valence-corrected chi connectivity index (χ0v) is 18.2. The highest BCUT2D eigenvalue weighted by atomic mass is 19.1. The highest BCUT2D eigenvalue weighted by molar-refractivity contribution is 5.92. The fourth-order valence-electron chi connectivity index (χ4n) is 4.42. The van der Waals surface area contributed by atoms with Crippen molar-refractivity contribution in [2.45, 2.75) is 32.4 Å². The fourth-order valence-corrected chi connectivity index (χ4v) is 4.42. The molecule has 9 heteroatoms. The highest BCUT2D eigenvalue weighted by Crippen LogP contribution is 2.25. The smallest absolute Gasteiger partial charge is 0.330 e. The van der Waals surface area contributed by atoms with E-state index < -0.39 is 0 Å². The number of piperidine rings is 1. The van der Waals surface area contributed by atoms with Gasteiger partial charge < -0.3 is 4.90 Å². The van der Waals surface area contributed by atoms with E-state index in [2.05, 4.69) is 15.0 Å². The molecule has 0 bridgehead atoms. The van der Waals surface area contributed by atoms with Crippen LogP contribution < -0.4 is 5.69 Å². The molecule has 1 amide bonds. The van der Waals surface area contributed by atoms with Gasteiger partial charge in [-0.3, -0.25) is 18.9 Å². The number of benzene rings is 1. The number of likely N-dealkylation sites (tertiary alicyclic amines) is 1. The van der Waals surface area contributed by atoms with Crippen LogP contribution in [0.15, 0.2) is 59.8 Å². The summed E-state index contributed by atoms with van der Waals surface area (Å²) in [7, 11) is 0. The van der Waals surface area contributed by atoms with Gasteiger partial charge in [0.15, 0.2) is 5.65 Å². The minimum absolute atomic E-state index is 0.197. The third-order valence-electron chi connectivity index (χ3n) is 6.00. The molecule has 3 aromatic heterocycles. The summed E-state index contributed by atoms with van der Waals surface area (Å²) in [6.45, 7) is 3.02. The van der Waals surface area contributed by atoms with E-state index in [0.717, 1.165) is 18.5 Å². The monoisotopic (exact) mass is 446 g/mol. The zero-order chi connectivity index (χ0) is 22.9. The number of aryl methyl sites for hydroxylation is 1. The van der Waals surface area contributed by atoms with E-state index in [9.17, 15) is 14.0 Å². The molecule has 0 unspecified atom stereocenters. The number of halogens is 1. The first-order chi connectivity index (χ1) is 16.0. The van der Waals surface area contributed by atoms with E-state index in [-0.39, 0.29) is 30.0 Å². The lowest BCUT2D eigenvalue weighted by Crippen LogP contribution is -2.43. The molecule has 8 nitrogen and oxygen atoms in total. The lowest BCUT2D eigenvalue weighted by molar-refractivity contribution is 0.0672. The van der Waals surface area contributed by atoms with Gasteiger partial charge in [-0.05, 0) is 49.6 Å². The Bertz CT molecular complexity index is 1380. The number of rotatable bonds is 4. The van der Waals surface area contributed by atoms with Crippen molar-refractivity contribution >= 4 is 17.1 Å². The number of imidazole rings is 1. The molecular formula is C24H23FN6O2. The normalized spacial score (nSPS) is 16.3. The van der Waals surface area contributed by atoms with E-state index >= 15 is 0 Å². The van der Waals surface area contributed by atoms with Gasteiger partial charge in [0.2, 0.25) is 0 Å². The van der Waals surface area contributed by atoms with E-state index in [1.807, 2.05) is 13.0 Å². The minimum atomic E-state index is -0.344. The molecular weight excluding hydrogens is 423 g/mol. The van der Waals surface area contributed by atoms with Gasteiger partial charge in [-0.1, -0.05) is 12.1 Å². The van der Waals surface area contributed by atoms with Crippen LogP contribution in [0.3, 0.4) is 0 Å². The third-order valence-corrected chi connectivity index (χ3v) is 6.00. The number of hydrogen-bond donors (Lipinski definition) is 0. The highest BCUT2D eigenvalue weighted by Gasteiger charge is 2.29. The molecule has 168 valence electrons. The second kappa shape index (κ2) is 8.57. The van der Waals surface area contributed by atoms with Crippen molar-refractivity contribution < 1.29 is 9.18 Å². The summed E-state index contributed by atoms with van der Waals surface area (Å²) in [5.41, 5.74) is 2.75. The summed E-state index contributed by atoms with van der Waals surface area (Å²) in [5.74, 6) is -0.542. The number of amides is 1. The molecule has 1 aliphatic rings. The molecule has 1 saturated heterocycles. The Kier molecular flexibility index (Phi) is 5.45. The first kappa shape index (κ1) is 21.0. The van der Waals surface area contributed by atoms with Crippen molar-refractivity contribution in [2.24, 2.45) is 0 Å². The molecule has 1 fully saturated rings. The van der Waals surface area contributed by atoms with Gasteiger partial charge in [0.05, 0.1) is 30.0 Å². The van der Waals surface area contributed by atoms with Crippen LogP contribution in [0.5, 0.6) is 0 Å². The number of carbonyl (C=O) groups excluding carboxylic acids is 1. The maximum atomic E-state index is 13.7. The number of fused-ring (bicyclic) bond motifs is 1. The van der Waals surface area contributed by atoms with Crippen molar-refractivity contribution in [1.82, 2.24) is 29.0 Å². The Labute approximate surface area is 189 Å². The van der Waals surface area contributed by atoms with E-state index in [1.54, 1.807) is 44.6 Å². The molecule has 0 N–H and O–H groups in total. The van der Waals surface area contributed by atoms with Gasteiger partial charge >= 0.3 is 5.69 Å². The molecule has 0 saturated carbocycles. The third kappa shape index (κ3) is 4.02. The largest absolute Gasteiger partial charge is 0.335 e. The second-order valence-electron chi connectivity index (χ2n) is 8.31. The standard InChI is InChI=1S/C24H23FN6O2/c1-16-12-28-20(13-27-16)23(32)29-10-4-7-19(15-29)31-22-21(8-3-9-26-22)30(24(31)33)14-17-5-2-6-18(25)11-17/h2-3,5-6,8-9,11-13,19H,4,7,10,14-15H2,1H3/t19-/m0/s1. The average molecular weight is 446 g/mol. The van der Waals surface area contributed by atoms with Gasteiger partial charge in [0, 0.05) is 25.5 Å². The van der Waals surface area contributed by atoms with Crippen LogP contribution in [0.1, 0.15) is 40.6 Å².